The van der Waals surface area contributed by atoms with Gasteiger partial charge in [-0.05, 0) is 36.8 Å². The lowest BCUT2D eigenvalue weighted by molar-refractivity contribution is -0.122. The molecular weight excluding hydrogens is 402 g/mol. The van der Waals surface area contributed by atoms with Crippen molar-refractivity contribution in [1.82, 2.24) is 0 Å². The molecule has 0 saturated heterocycles. The molecule has 1 N–H and O–H groups in total. The fourth-order valence-corrected chi connectivity index (χ4v) is 3.14. The van der Waals surface area contributed by atoms with Crippen LogP contribution < -0.4 is 14.8 Å². The van der Waals surface area contributed by atoms with Crippen molar-refractivity contribution in [2.75, 3.05) is 12.4 Å². The lowest BCUT2D eigenvalue weighted by atomic mass is 10.0. The minimum atomic E-state index is -0.767. The van der Waals surface area contributed by atoms with Gasteiger partial charge in [-0.1, -0.05) is 61.0 Å². The number of carbonyl (C=O) groups excluding carboxylic acids is 2. The minimum Gasteiger partial charge on any atom is -0.493 e. The van der Waals surface area contributed by atoms with E-state index < -0.39 is 6.10 Å². The smallest absolute Gasteiger partial charge is 0.265 e. The monoisotopic (exact) mass is 423 g/mol. The molecule has 0 fully saturated rings. The summed E-state index contributed by atoms with van der Waals surface area (Å²) in [5.41, 5.74) is 1.20. The molecule has 6 heteroatoms. The molecule has 1 atom stereocenters. The second-order valence-corrected chi connectivity index (χ2v) is 6.98. The van der Waals surface area contributed by atoms with Crippen LogP contribution in [0.25, 0.3) is 0 Å². The van der Waals surface area contributed by atoms with Crippen LogP contribution in [-0.2, 0) is 4.79 Å². The van der Waals surface area contributed by atoms with Crippen molar-refractivity contribution in [3.8, 4) is 11.5 Å². The summed E-state index contributed by atoms with van der Waals surface area (Å²) < 4.78 is 11.2. The highest BCUT2D eigenvalue weighted by Crippen LogP contribution is 2.28. The zero-order valence-electron chi connectivity index (χ0n) is 16.7. The van der Waals surface area contributed by atoms with Gasteiger partial charge in [-0.2, -0.15) is 0 Å². The van der Waals surface area contributed by atoms with E-state index in [-0.39, 0.29) is 11.7 Å². The first-order valence-corrected chi connectivity index (χ1v) is 9.91. The van der Waals surface area contributed by atoms with E-state index in [0.29, 0.717) is 39.8 Å². The normalized spacial score (nSPS) is 11.4. The van der Waals surface area contributed by atoms with Crippen LogP contribution in [0.3, 0.4) is 0 Å². The summed E-state index contributed by atoms with van der Waals surface area (Å²) >= 11 is 6.11. The molecule has 0 heterocycles. The number of methoxy groups -OCH3 is 1. The summed E-state index contributed by atoms with van der Waals surface area (Å²) in [6, 6.07) is 20.7. The van der Waals surface area contributed by atoms with Crippen LogP contribution >= 0.6 is 11.6 Å². The van der Waals surface area contributed by atoms with Crippen molar-refractivity contribution in [2.24, 2.45) is 0 Å². The van der Waals surface area contributed by atoms with Gasteiger partial charge in [0.15, 0.2) is 23.4 Å². The molecule has 0 unspecified atom stereocenters. The van der Waals surface area contributed by atoms with E-state index in [4.69, 9.17) is 21.1 Å². The minimum absolute atomic E-state index is 0.230. The van der Waals surface area contributed by atoms with Gasteiger partial charge in [0, 0.05) is 16.1 Å². The Kier molecular flexibility index (Phi) is 7.09. The van der Waals surface area contributed by atoms with Crippen LogP contribution in [0.15, 0.2) is 72.8 Å². The first kappa shape index (κ1) is 21.4. The number of benzene rings is 3. The van der Waals surface area contributed by atoms with Gasteiger partial charge in [-0.15, -0.1) is 0 Å². The molecule has 3 aromatic rings. The van der Waals surface area contributed by atoms with Crippen LogP contribution in [-0.4, -0.2) is 24.9 Å². The Labute approximate surface area is 180 Å². The number of hydrogen-bond acceptors (Lipinski definition) is 4. The Hall–Kier alpha value is -3.31. The van der Waals surface area contributed by atoms with Crippen molar-refractivity contribution >= 4 is 29.0 Å². The van der Waals surface area contributed by atoms with Crippen LogP contribution in [0.1, 0.15) is 29.3 Å². The quantitative estimate of drug-likeness (QED) is 0.494. The van der Waals surface area contributed by atoms with Gasteiger partial charge >= 0.3 is 0 Å². The predicted octanol–water partition coefficient (Wildman–Crippen LogP) is 5.38. The van der Waals surface area contributed by atoms with Crippen LogP contribution in [0.4, 0.5) is 5.69 Å². The highest BCUT2D eigenvalue weighted by Gasteiger charge is 2.23. The zero-order chi connectivity index (χ0) is 21.5. The van der Waals surface area contributed by atoms with Gasteiger partial charge in [0.25, 0.3) is 5.91 Å². The lowest BCUT2D eigenvalue weighted by Gasteiger charge is -2.19. The Morgan fingerprint density at radius 3 is 2.30 bits per heavy atom. The van der Waals surface area contributed by atoms with E-state index in [1.54, 1.807) is 67.8 Å². The Morgan fingerprint density at radius 1 is 0.967 bits per heavy atom. The molecule has 0 radical (unpaired) electrons. The zero-order valence-corrected chi connectivity index (χ0v) is 17.5. The van der Waals surface area contributed by atoms with Crippen molar-refractivity contribution < 1.29 is 19.1 Å². The SMILES string of the molecule is CC[C@@H](Oc1ccccc1OC)C(=O)Nc1ccc(Cl)cc1C(=O)c1ccccc1. The Morgan fingerprint density at radius 2 is 1.63 bits per heavy atom. The highest BCUT2D eigenvalue weighted by atomic mass is 35.5. The number of para-hydroxylation sites is 2. The molecule has 0 bridgehead atoms. The number of anilines is 1. The average Bonchev–Trinajstić information content (AvgIpc) is 2.78. The van der Waals surface area contributed by atoms with E-state index in [1.165, 1.54) is 0 Å². The number of hydrogen-bond donors (Lipinski definition) is 1. The summed E-state index contributed by atoms with van der Waals surface area (Å²) in [5.74, 6) is 0.411. The highest BCUT2D eigenvalue weighted by molar-refractivity contribution is 6.31. The third-order valence-electron chi connectivity index (χ3n) is 4.52. The number of nitrogens with one attached hydrogen (secondary N) is 1. The molecular formula is C24H22ClNO4. The molecule has 0 spiro atoms. The largest absolute Gasteiger partial charge is 0.493 e. The topological polar surface area (TPSA) is 64.6 Å². The van der Waals surface area contributed by atoms with Gasteiger partial charge < -0.3 is 14.8 Å². The summed E-state index contributed by atoms with van der Waals surface area (Å²) in [6.07, 6.45) is -0.337. The molecule has 1 amide bonds. The summed E-state index contributed by atoms with van der Waals surface area (Å²) in [6.45, 7) is 1.84. The van der Waals surface area contributed by atoms with E-state index >= 15 is 0 Å². The first-order valence-electron chi connectivity index (χ1n) is 9.53. The summed E-state index contributed by atoms with van der Waals surface area (Å²) in [4.78, 5) is 25.9. The predicted molar refractivity (Wildman–Crippen MR) is 118 cm³/mol. The number of carbonyl (C=O) groups is 2. The van der Waals surface area contributed by atoms with Crippen LogP contribution in [0.2, 0.25) is 5.02 Å². The third-order valence-corrected chi connectivity index (χ3v) is 4.76. The average molecular weight is 424 g/mol. The third kappa shape index (κ3) is 4.99. The first-order chi connectivity index (χ1) is 14.5. The number of amides is 1. The Balaban J connectivity index is 1.84. The molecule has 0 aromatic heterocycles. The molecule has 0 aliphatic heterocycles. The van der Waals surface area contributed by atoms with Gasteiger partial charge in [-0.25, -0.2) is 0 Å². The van der Waals surface area contributed by atoms with E-state index in [0.717, 1.165) is 0 Å². The molecule has 0 aliphatic carbocycles. The number of ether oxygens (including phenoxy) is 2. The van der Waals surface area contributed by atoms with Gasteiger partial charge in [0.1, 0.15) is 0 Å². The molecule has 0 saturated carbocycles. The lowest BCUT2D eigenvalue weighted by Crippen LogP contribution is -2.33. The second-order valence-electron chi connectivity index (χ2n) is 6.54. The summed E-state index contributed by atoms with van der Waals surface area (Å²) in [7, 11) is 1.54. The number of rotatable bonds is 8. The standard InChI is InChI=1S/C24H22ClNO4/c1-3-20(30-22-12-8-7-11-21(22)29-2)24(28)26-19-14-13-17(25)15-18(19)23(27)16-9-5-4-6-10-16/h4-15,20H,3H2,1-2H3,(H,26,28)/t20-/m1/s1. The van der Waals surface area contributed by atoms with Gasteiger partial charge in [-0.3, -0.25) is 9.59 Å². The van der Waals surface area contributed by atoms with Crippen molar-refractivity contribution in [1.29, 1.82) is 0 Å². The van der Waals surface area contributed by atoms with E-state index in [2.05, 4.69) is 5.32 Å². The molecule has 5 nitrogen and oxygen atoms in total. The van der Waals surface area contributed by atoms with Crippen LogP contribution in [0, 0.1) is 0 Å². The molecule has 30 heavy (non-hydrogen) atoms. The van der Waals surface area contributed by atoms with Crippen molar-refractivity contribution in [3.05, 3.63) is 88.9 Å². The van der Waals surface area contributed by atoms with Crippen LogP contribution in [0.5, 0.6) is 11.5 Å². The molecule has 154 valence electrons. The maximum atomic E-state index is 13.0. The van der Waals surface area contributed by atoms with E-state index in [9.17, 15) is 9.59 Å². The molecule has 3 aromatic carbocycles. The molecule has 3 rings (SSSR count). The fraction of sp³-hybridized carbons (Fsp3) is 0.167. The van der Waals surface area contributed by atoms with Crippen molar-refractivity contribution in [3.63, 3.8) is 0 Å². The number of ketones is 1. The number of halogens is 1. The van der Waals surface area contributed by atoms with E-state index in [1.807, 2.05) is 19.1 Å². The van der Waals surface area contributed by atoms with Gasteiger partial charge in [0.2, 0.25) is 0 Å². The Bertz CT molecular complexity index is 1040. The van der Waals surface area contributed by atoms with Crippen molar-refractivity contribution in [2.45, 2.75) is 19.4 Å². The molecule has 0 aliphatic rings. The summed E-state index contributed by atoms with van der Waals surface area (Å²) in [5, 5.41) is 3.22. The maximum Gasteiger partial charge on any atom is 0.265 e. The van der Waals surface area contributed by atoms with Gasteiger partial charge in [0.05, 0.1) is 12.8 Å². The maximum absolute atomic E-state index is 13.0. The fourth-order valence-electron chi connectivity index (χ4n) is 2.96. The second kappa shape index (κ2) is 9.94.